The van der Waals surface area contributed by atoms with Gasteiger partial charge in [0.2, 0.25) is 0 Å². The Morgan fingerprint density at radius 1 is 1.26 bits per heavy atom. The molecule has 126 valence electrons. The Morgan fingerprint density at radius 2 is 1.96 bits per heavy atom. The Bertz CT molecular complexity index is 592. The molecular formula is C16H20Cl3N3O. The van der Waals surface area contributed by atoms with E-state index in [1.54, 1.807) is 18.2 Å². The quantitative estimate of drug-likeness (QED) is 0.778. The average Bonchev–Trinajstić information content (AvgIpc) is 2.55. The number of hydrogen-bond donors (Lipinski definition) is 2. The van der Waals surface area contributed by atoms with Crippen LogP contribution in [0.25, 0.3) is 0 Å². The van der Waals surface area contributed by atoms with Crippen LogP contribution in [0.2, 0.25) is 10.0 Å². The van der Waals surface area contributed by atoms with Crippen LogP contribution in [-0.2, 0) is 0 Å². The second-order valence-corrected chi connectivity index (χ2v) is 6.00. The summed E-state index contributed by atoms with van der Waals surface area (Å²) < 4.78 is 0. The number of benzene rings is 1. The van der Waals surface area contributed by atoms with Crippen LogP contribution in [-0.4, -0.2) is 36.6 Å². The molecule has 1 saturated heterocycles. The van der Waals surface area contributed by atoms with Crippen molar-refractivity contribution in [3.63, 3.8) is 0 Å². The number of piperidine rings is 1. The number of nitrogens with two attached hydrogens (primary N) is 1. The smallest absolute Gasteiger partial charge is 0.318 e. The zero-order chi connectivity index (χ0) is 15.9. The fourth-order valence-electron chi connectivity index (χ4n) is 2.24. The van der Waals surface area contributed by atoms with E-state index in [-0.39, 0.29) is 31.0 Å². The van der Waals surface area contributed by atoms with Crippen molar-refractivity contribution in [2.45, 2.75) is 25.3 Å². The summed E-state index contributed by atoms with van der Waals surface area (Å²) in [7, 11) is 0. The Balaban J connectivity index is 0.00000264. The van der Waals surface area contributed by atoms with E-state index in [9.17, 15) is 4.79 Å². The summed E-state index contributed by atoms with van der Waals surface area (Å²) in [4.78, 5) is 13.9. The van der Waals surface area contributed by atoms with E-state index in [4.69, 9.17) is 28.9 Å². The highest BCUT2D eigenvalue weighted by molar-refractivity contribution is 6.42. The second-order valence-electron chi connectivity index (χ2n) is 5.18. The standard InChI is InChI=1S/C16H19Cl2N3O.ClH/c17-14-7-5-12(10-15(14)18)4-6-13(11-19)20-16(22)21-8-2-1-3-9-21;/h5,7,10,13H,1-3,8-9,11,19H2,(H,20,22);1H. The second kappa shape index (κ2) is 9.89. The maximum Gasteiger partial charge on any atom is 0.318 e. The normalized spacial score (nSPS) is 15.0. The third-order valence-electron chi connectivity index (χ3n) is 3.49. The first kappa shape index (κ1) is 19.9. The van der Waals surface area contributed by atoms with Gasteiger partial charge in [-0.05, 0) is 37.5 Å². The maximum absolute atomic E-state index is 12.1. The Hall–Kier alpha value is -1.12. The first-order valence-electron chi connectivity index (χ1n) is 7.32. The lowest BCUT2D eigenvalue weighted by molar-refractivity contribution is 0.185. The molecule has 1 aliphatic heterocycles. The lowest BCUT2D eigenvalue weighted by atomic mass is 10.1. The van der Waals surface area contributed by atoms with E-state index in [1.165, 1.54) is 6.42 Å². The Morgan fingerprint density at radius 3 is 2.57 bits per heavy atom. The Labute approximate surface area is 153 Å². The molecule has 1 aliphatic rings. The lowest BCUT2D eigenvalue weighted by Crippen LogP contribution is -2.48. The molecule has 0 radical (unpaired) electrons. The number of urea groups is 1. The summed E-state index contributed by atoms with van der Waals surface area (Å²) in [6.45, 7) is 1.85. The van der Waals surface area contributed by atoms with Crippen molar-refractivity contribution >= 4 is 41.6 Å². The molecule has 1 aromatic rings. The van der Waals surface area contributed by atoms with Crippen molar-refractivity contribution in [1.82, 2.24) is 10.2 Å². The van der Waals surface area contributed by atoms with Gasteiger partial charge < -0.3 is 16.0 Å². The molecule has 0 spiro atoms. The first-order chi connectivity index (χ1) is 10.6. The number of likely N-dealkylation sites (tertiary alicyclic amines) is 1. The monoisotopic (exact) mass is 375 g/mol. The number of amides is 2. The van der Waals surface area contributed by atoms with Gasteiger partial charge in [-0.3, -0.25) is 0 Å². The third-order valence-corrected chi connectivity index (χ3v) is 4.23. The summed E-state index contributed by atoms with van der Waals surface area (Å²) in [6.07, 6.45) is 3.28. The molecule has 1 aromatic carbocycles. The highest BCUT2D eigenvalue weighted by Crippen LogP contribution is 2.22. The largest absolute Gasteiger partial charge is 0.328 e. The van der Waals surface area contributed by atoms with Crippen LogP contribution in [0, 0.1) is 11.8 Å². The topological polar surface area (TPSA) is 58.4 Å². The van der Waals surface area contributed by atoms with Crippen molar-refractivity contribution < 1.29 is 4.79 Å². The van der Waals surface area contributed by atoms with Gasteiger partial charge in [0, 0.05) is 25.2 Å². The van der Waals surface area contributed by atoms with Crippen LogP contribution < -0.4 is 11.1 Å². The van der Waals surface area contributed by atoms with Gasteiger partial charge in [0.05, 0.1) is 10.0 Å². The average molecular weight is 377 g/mol. The molecule has 0 bridgehead atoms. The van der Waals surface area contributed by atoms with Crippen molar-refractivity contribution in [1.29, 1.82) is 0 Å². The highest BCUT2D eigenvalue weighted by Gasteiger charge is 2.18. The van der Waals surface area contributed by atoms with Crippen molar-refractivity contribution in [3.05, 3.63) is 33.8 Å². The molecule has 0 aromatic heterocycles. The highest BCUT2D eigenvalue weighted by atomic mass is 35.5. The maximum atomic E-state index is 12.1. The van der Waals surface area contributed by atoms with Gasteiger partial charge in [0.15, 0.2) is 0 Å². The van der Waals surface area contributed by atoms with Crippen molar-refractivity contribution in [3.8, 4) is 11.8 Å². The predicted molar refractivity (Wildman–Crippen MR) is 97.4 cm³/mol. The number of rotatable bonds is 2. The zero-order valence-electron chi connectivity index (χ0n) is 12.6. The van der Waals surface area contributed by atoms with E-state index in [2.05, 4.69) is 17.2 Å². The summed E-state index contributed by atoms with van der Waals surface area (Å²) in [5, 5.41) is 3.80. The van der Waals surface area contributed by atoms with Gasteiger partial charge in [0.25, 0.3) is 0 Å². The molecular weight excluding hydrogens is 357 g/mol. The van der Waals surface area contributed by atoms with Crippen LogP contribution in [0.3, 0.4) is 0 Å². The van der Waals surface area contributed by atoms with Gasteiger partial charge in [-0.1, -0.05) is 35.0 Å². The van der Waals surface area contributed by atoms with Crippen LogP contribution in [0.1, 0.15) is 24.8 Å². The minimum absolute atomic E-state index is 0. The molecule has 1 unspecified atom stereocenters. The van der Waals surface area contributed by atoms with Crippen molar-refractivity contribution in [2.24, 2.45) is 5.73 Å². The van der Waals surface area contributed by atoms with Crippen LogP contribution in [0.15, 0.2) is 18.2 Å². The third kappa shape index (κ3) is 6.12. The SMILES string of the molecule is Cl.NCC(C#Cc1ccc(Cl)c(Cl)c1)NC(=O)N1CCCCC1. The molecule has 0 aliphatic carbocycles. The van der Waals surface area contributed by atoms with E-state index < -0.39 is 0 Å². The predicted octanol–water partition coefficient (Wildman–Crippen LogP) is 3.29. The molecule has 1 atom stereocenters. The molecule has 1 fully saturated rings. The summed E-state index contributed by atoms with van der Waals surface area (Å²) in [5.41, 5.74) is 6.42. The number of carbonyl (C=O) groups is 1. The Kier molecular flexibility index (Phi) is 8.57. The van der Waals surface area contributed by atoms with E-state index >= 15 is 0 Å². The summed E-state index contributed by atoms with van der Waals surface area (Å²) >= 11 is 11.8. The molecule has 23 heavy (non-hydrogen) atoms. The molecule has 3 N–H and O–H groups in total. The van der Waals surface area contributed by atoms with Crippen molar-refractivity contribution in [2.75, 3.05) is 19.6 Å². The molecule has 1 heterocycles. The number of hydrogen-bond acceptors (Lipinski definition) is 2. The summed E-state index contributed by atoms with van der Waals surface area (Å²) in [6, 6.07) is 4.68. The minimum atomic E-state index is -0.385. The number of carbonyl (C=O) groups excluding carboxylic acids is 1. The fourth-order valence-corrected chi connectivity index (χ4v) is 2.53. The van der Waals surface area contributed by atoms with Crippen LogP contribution in [0.4, 0.5) is 4.79 Å². The van der Waals surface area contributed by atoms with Gasteiger partial charge in [-0.25, -0.2) is 4.79 Å². The van der Waals surface area contributed by atoms with Gasteiger partial charge >= 0.3 is 6.03 Å². The fraction of sp³-hybridized carbons (Fsp3) is 0.438. The molecule has 7 heteroatoms. The molecule has 0 saturated carbocycles. The summed E-state index contributed by atoms with van der Waals surface area (Å²) in [5.74, 6) is 5.93. The first-order valence-corrected chi connectivity index (χ1v) is 8.08. The van der Waals surface area contributed by atoms with Crippen LogP contribution >= 0.6 is 35.6 Å². The van der Waals surface area contributed by atoms with E-state index in [0.717, 1.165) is 31.5 Å². The number of nitrogens with one attached hydrogen (secondary N) is 1. The number of halogens is 3. The van der Waals surface area contributed by atoms with Gasteiger partial charge in [-0.2, -0.15) is 0 Å². The van der Waals surface area contributed by atoms with Crippen LogP contribution in [0.5, 0.6) is 0 Å². The molecule has 4 nitrogen and oxygen atoms in total. The van der Waals surface area contributed by atoms with Gasteiger partial charge in [0.1, 0.15) is 6.04 Å². The zero-order valence-corrected chi connectivity index (χ0v) is 15.0. The molecule has 2 amide bonds. The van der Waals surface area contributed by atoms with E-state index in [1.807, 2.05) is 4.90 Å². The number of nitrogens with zero attached hydrogens (tertiary/aromatic N) is 1. The molecule has 2 rings (SSSR count). The van der Waals surface area contributed by atoms with E-state index in [0.29, 0.717) is 10.0 Å². The van der Waals surface area contributed by atoms with Gasteiger partial charge in [-0.15, -0.1) is 12.4 Å². The lowest BCUT2D eigenvalue weighted by Gasteiger charge is -2.27. The minimum Gasteiger partial charge on any atom is -0.328 e.